The van der Waals surface area contributed by atoms with Gasteiger partial charge < -0.3 is 5.32 Å². The SMILES string of the molecule is O=C(CC12CC3CC(CC(C3)C1)C2)Nc1n[nH]c2ccccc12. The minimum atomic E-state index is 0.143. The molecule has 1 aromatic carbocycles. The van der Waals surface area contributed by atoms with E-state index in [1.54, 1.807) is 0 Å². The van der Waals surface area contributed by atoms with Gasteiger partial charge in [-0.3, -0.25) is 9.89 Å². The monoisotopic (exact) mass is 309 g/mol. The zero-order chi connectivity index (χ0) is 15.4. The number of aromatic amines is 1. The molecule has 4 aliphatic carbocycles. The maximum absolute atomic E-state index is 12.7. The fourth-order valence-corrected chi connectivity index (χ4v) is 6.08. The lowest BCUT2D eigenvalue weighted by molar-refractivity contribution is -0.124. The van der Waals surface area contributed by atoms with Crippen molar-refractivity contribution in [3.63, 3.8) is 0 Å². The molecule has 23 heavy (non-hydrogen) atoms. The first kappa shape index (κ1) is 13.6. The van der Waals surface area contributed by atoms with Crippen molar-refractivity contribution in [1.82, 2.24) is 10.2 Å². The van der Waals surface area contributed by atoms with Crippen LogP contribution in [0.25, 0.3) is 10.9 Å². The highest BCUT2D eigenvalue weighted by atomic mass is 16.1. The highest BCUT2D eigenvalue weighted by molar-refractivity contribution is 5.99. The Morgan fingerprint density at radius 1 is 1.13 bits per heavy atom. The number of hydrogen-bond donors (Lipinski definition) is 2. The number of fused-ring (bicyclic) bond motifs is 1. The lowest BCUT2D eigenvalue weighted by Gasteiger charge is -2.56. The highest BCUT2D eigenvalue weighted by Gasteiger charge is 2.51. The number of nitrogens with zero attached hydrogens (tertiary/aromatic N) is 1. The molecule has 0 radical (unpaired) electrons. The fourth-order valence-electron chi connectivity index (χ4n) is 6.08. The first-order valence-electron chi connectivity index (χ1n) is 8.92. The molecule has 0 unspecified atom stereocenters. The van der Waals surface area contributed by atoms with Crippen molar-refractivity contribution in [3.05, 3.63) is 24.3 Å². The van der Waals surface area contributed by atoms with Crippen LogP contribution in [0.5, 0.6) is 0 Å². The molecule has 2 N–H and O–H groups in total. The number of anilines is 1. The van der Waals surface area contributed by atoms with Crippen LogP contribution in [0.3, 0.4) is 0 Å². The van der Waals surface area contributed by atoms with E-state index in [2.05, 4.69) is 15.5 Å². The number of H-pyrrole nitrogens is 1. The molecule has 4 saturated carbocycles. The summed E-state index contributed by atoms with van der Waals surface area (Å²) in [5.74, 6) is 3.49. The van der Waals surface area contributed by atoms with Crippen molar-refractivity contribution in [3.8, 4) is 0 Å². The van der Waals surface area contributed by atoms with Crippen molar-refractivity contribution < 1.29 is 4.79 Å². The van der Waals surface area contributed by atoms with Gasteiger partial charge >= 0.3 is 0 Å². The Balaban J connectivity index is 1.34. The number of nitrogens with one attached hydrogen (secondary N) is 2. The van der Waals surface area contributed by atoms with Crippen LogP contribution in [0, 0.1) is 23.2 Å². The maximum Gasteiger partial charge on any atom is 0.226 e. The molecule has 4 bridgehead atoms. The second kappa shape index (κ2) is 4.83. The first-order valence-corrected chi connectivity index (χ1v) is 8.92. The quantitative estimate of drug-likeness (QED) is 0.896. The lowest BCUT2D eigenvalue weighted by atomic mass is 9.49. The Labute approximate surface area is 136 Å². The van der Waals surface area contributed by atoms with E-state index < -0.39 is 0 Å². The fraction of sp³-hybridized carbons (Fsp3) is 0.579. The molecular formula is C19H23N3O. The van der Waals surface area contributed by atoms with Crippen molar-refractivity contribution in [2.45, 2.75) is 44.9 Å². The van der Waals surface area contributed by atoms with Gasteiger partial charge in [0.2, 0.25) is 5.91 Å². The molecule has 1 amide bonds. The number of carbonyl (C=O) groups is 1. The molecule has 0 spiro atoms. The molecule has 0 atom stereocenters. The van der Waals surface area contributed by atoms with Gasteiger partial charge in [0, 0.05) is 11.8 Å². The number of hydrogen-bond acceptors (Lipinski definition) is 2. The Kier molecular flexibility index (Phi) is 2.85. The van der Waals surface area contributed by atoms with Crippen LogP contribution in [-0.2, 0) is 4.79 Å². The largest absolute Gasteiger partial charge is 0.309 e. The first-order chi connectivity index (χ1) is 11.2. The van der Waals surface area contributed by atoms with Gasteiger partial charge in [-0.2, -0.15) is 5.10 Å². The summed E-state index contributed by atoms with van der Waals surface area (Å²) in [6.45, 7) is 0. The Morgan fingerprint density at radius 2 is 1.78 bits per heavy atom. The van der Waals surface area contributed by atoms with Gasteiger partial charge in [-0.1, -0.05) is 12.1 Å². The zero-order valence-electron chi connectivity index (χ0n) is 13.3. The van der Waals surface area contributed by atoms with E-state index in [1.165, 1.54) is 38.5 Å². The lowest BCUT2D eigenvalue weighted by Crippen LogP contribution is -2.47. The summed E-state index contributed by atoms with van der Waals surface area (Å²) in [5, 5.41) is 11.3. The van der Waals surface area contributed by atoms with Crippen molar-refractivity contribution in [2.75, 3.05) is 5.32 Å². The highest BCUT2D eigenvalue weighted by Crippen LogP contribution is 2.61. The molecule has 0 saturated heterocycles. The number of amides is 1. The van der Waals surface area contributed by atoms with Crippen molar-refractivity contribution in [1.29, 1.82) is 0 Å². The number of carbonyl (C=O) groups excluding carboxylic acids is 1. The van der Waals surface area contributed by atoms with Gasteiger partial charge in [-0.05, 0) is 73.8 Å². The molecule has 6 rings (SSSR count). The smallest absolute Gasteiger partial charge is 0.226 e. The van der Waals surface area contributed by atoms with Gasteiger partial charge in [0.05, 0.1) is 5.52 Å². The third kappa shape index (κ3) is 2.27. The van der Waals surface area contributed by atoms with E-state index in [-0.39, 0.29) is 11.3 Å². The van der Waals surface area contributed by atoms with Gasteiger partial charge in [0.15, 0.2) is 5.82 Å². The molecule has 4 nitrogen and oxygen atoms in total. The van der Waals surface area contributed by atoms with Gasteiger partial charge in [-0.15, -0.1) is 0 Å². The molecule has 4 heteroatoms. The molecule has 120 valence electrons. The number of para-hydroxylation sites is 1. The summed E-state index contributed by atoms with van der Waals surface area (Å²) in [6.07, 6.45) is 8.76. The standard InChI is InChI=1S/C19H23N3O/c23-17(20-18-15-3-1-2-4-16(15)21-22-18)11-19-8-12-5-13(9-19)7-14(6-12)10-19/h1-4,12-14H,5-11H2,(H2,20,21,22,23). The minimum Gasteiger partial charge on any atom is -0.309 e. The minimum absolute atomic E-state index is 0.143. The van der Waals surface area contributed by atoms with Crippen molar-refractivity contribution in [2.24, 2.45) is 23.2 Å². The summed E-state index contributed by atoms with van der Waals surface area (Å²) < 4.78 is 0. The average Bonchev–Trinajstić information content (AvgIpc) is 2.88. The molecule has 0 aliphatic heterocycles. The van der Waals surface area contributed by atoms with Crippen LogP contribution >= 0.6 is 0 Å². The molecule has 4 aliphatic rings. The topological polar surface area (TPSA) is 57.8 Å². The third-order valence-electron chi connectivity index (χ3n) is 6.43. The second-order valence-corrected chi connectivity index (χ2v) is 8.26. The van der Waals surface area contributed by atoms with Gasteiger partial charge in [-0.25, -0.2) is 0 Å². The normalized spacial score (nSPS) is 34.9. The van der Waals surface area contributed by atoms with Crippen LogP contribution in [0.1, 0.15) is 44.9 Å². The second-order valence-electron chi connectivity index (χ2n) is 8.26. The van der Waals surface area contributed by atoms with E-state index in [4.69, 9.17) is 0 Å². The average molecular weight is 309 g/mol. The van der Waals surface area contributed by atoms with E-state index in [9.17, 15) is 4.79 Å². The van der Waals surface area contributed by atoms with Gasteiger partial charge in [0.25, 0.3) is 0 Å². The zero-order valence-corrected chi connectivity index (χ0v) is 13.3. The van der Waals surface area contributed by atoms with Crippen LogP contribution in [-0.4, -0.2) is 16.1 Å². The number of rotatable bonds is 3. The van der Waals surface area contributed by atoms with E-state index in [1.807, 2.05) is 24.3 Å². The van der Waals surface area contributed by atoms with E-state index in [0.29, 0.717) is 12.2 Å². The predicted molar refractivity (Wildman–Crippen MR) is 89.9 cm³/mol. The van der Waals surface area contributed by atoms with Crippen LogP contribution in [0.4, 0.5) is 5.82 Å². The summed E-state index contributed by atoms with van der Waals surface area (Å²) in [5.41, 5.74) is 1.25. The van der Waals surface area contributed by atoms with Crippen LogP contribution < -0.4 is 5.32 Å². The summed E-state index contributed by atoms with van der Waals surface area (Å²) in [4.78, 5) is 12.7. The van der Waals surface area contributed by atoms with E-state index in [0.717, 1.165) is 28.7 Å². The predicted octanol–water partition coefficient (Wildman–Crippen LogP) is 4.11. The van der Waals surface area contributed by atoms with Crippen LogP contribution in [0.2, 0.25) is 0 Å². The maximum atomic E-state index is 12.7. The van der Waals surface area contributed by atoms with Gasteiger partial charge in [0.1, 0.15) is 0 Å². The summed E-state index contributed by atoms with van der Waals surface area (Å²) in [7, 11) is 0. The Morgan fingerprint density at radius 3 is 2.48 bits per heavy atom. The molecule has 1 aromatic heterocycles. The number of aromatic nitrogens is 2. The third-order valence-corrected chi connectivity index (χ3v) is 6.43. The Bertz CT molecular complexity index is 728. The summed E-state index contributed by atoms with van der Waals surface area (Å²) >= 11 is 0. The number of benzene rings is 1. The van der Waals surface area contributed by atoms with E-state index >= 15 is 0 Å². The molecule has 4 fully saturated rings. The Hall–Kier alpha value is -1.84. The molecular weight excluding hydrogens is 286 g/mol. The van der Waals surface area contributed by atoms with Crippen molar-refractivity contribution >= 4 is 22.6 Å². The molecule has 1 heterocycles. The molecule has 2 aromatic rings. The summed E-state index contributed by atoms with van der Waals surface area (Å²) in [6, 6.07) is 7.93. The van der Waals surface area contributed by atoms with Crippen LogP contribution in [0.15, 0.2) is 24.3 Å².